The first kappa shape index (κ1) is 33.3. The molecule has 3 aromatic rings. The van der Waals surface area contributed by atoms with E-state index in [1.54, 1.807) is 48.2 Å². The third-order valence-electron chi connectivity index (χ3n) is 7.54. The van der Waals surface area contributed by atoms with E-state index in [9.17, 15) is 32.7 Å². The van der Waals surface area contributed by atoms with Crippen molar-refractivity contribution in [2.45, 2.75) is 38.7 Å². The lowest BCUT2D eigenvalue weighted by Gasteiger charge is -2.38. The van der Waals surface area contributed by atoms with Gasteiger partial charge in [-0.15, -0.1) is 0 Å². The molecule has 240 valence electrons. The van der Waals surface area contributed by atoms with Crippen LogP contribution in [0.25, 0.3) is 0 Å². The Morgan fingerprint density at radius 1 is 1.04 bits per heavy atom. The first-order valence-electron chi connectivity index (χ1n) is 14.2. The summed E-state index contributed by atoms with van der Waals surface area (Å²) in [6.07, 6.45) is -4.88. The Morgan fingerprint density at radius 2 is 1.67 bits per heavy atom. The van der Waals surface area contributed by atoms with Crippen LogP contribution in [0.5, 0.6) is 5.75 Å². The Labute approximate surface area is 258 Å². The first-order chi connectivity index (χ1) is 21.2. The molecular formula is C32H35F3N4O6. The average molecular weight is 629 g/mol. The topological polar surface area (TPSA) is 131 Å². The van der Waals surface area contributed by atoms with Gasteiger partial charge in [-0.2, -0.15) is 13.2 Å². The van der Waals surface area contributed by atoms with Gasteiger partial charge in [0, 0.05) is 36.9 Å². The summed E-state index contributed by atoms with van der Waals surface area (Å²) in [7, 11) is 1.91. The molecule has 0 radical (unpaired) electrons. The number of carbonyl (C=O) groups excluding carboxylic acids is 2. The van der Waals surface area contributed by atoms with Crippen molar-refractivity contribution >= 4 is 29.3 Å². The Balaban J connectivity index is 1.52. The van der Waals surface area contributed by atoms with Crippen molar-refractivity contribution in [2.24, 2.45) is 5.92 Å². The van der Waals surface area contributed by atoms with Crippen LogP contribution in [0.4, 0.5) is 29.3 Å². The molecule has 0 aliphatic carbocycles. The maximum absolute atomic E-state index is 13.7. The van der Waals surface area contributed by atoms with Crippen molar-refractivity contribution in [3.05, 3.63) is 89.0 Å². The van der Waals surface area contributed by atoms with Gasteiger partial charge < -0.3 is 30.5 Å². The summed E-state index contributed by atoms with van der Waals surface area (Å²) in [4.78, 5) is 41.1. The number of aliphatic hydroxyl groups is 1. The van der Waals surface area contributed by atoms with E-state index in [2.05, 4.69) is 10.6 Å². The van der Waals surface area contributed by atoms with E-state index in [1.165, 1.54) is 6.07 Å². The number of likely N-dealkylation sites (N-methyl/N-ethyl adjacent to an activating group) is 1. The van der Waals surface area contributed by atoms with Gasteiger partial charge in [-0.25, -0.2) is 9.59 Å². The summed E-state index contributed by atoms with van der Waals surface area (Å²) in [6, 6.07) is 13.9. The molecule has 3 aromatic carbocycles. The largest absolute Gasteiger partial charge is 0.488 e. The van der Waals surface area contributed by atoms with Gasteiger partial charge in [0.2, 0.25) is 0 Å². The van der Waals surface area contributed by atoms with Crippen molar-refractivity contribution in [1.82, 2.24) is 9.80 Å². The number of carbonyl (C=O) groups is 3. The van der Waals surface area contributed by atoms with Gasteiger partial charge in [0.1, 0.15) is 11.9 Å². The standard InChI is InChI=1S/C32H35F3N4O6/c1-19-15-39(20(2)18-40)29(41)26-14-25(37-31(44)36-24-10-8-23(9-11-24)32(33,34)35)12-13-27(26)45-28(19)17-38(3)16-21-4-6-22(7-5-21)30(42)43/h4-14,19-20,28,40H,15-18H2,1-3H3,(H,42,43)(H2,36,37,44)/t19-,20-,28-/m0/s1. The Hall–Kier alpha value is -4.62. The van der Waals surface area contributed by atoms with Crippen LogP contribution in [0.1, 0.15) is 45.7 Å². The van der Waals surface area contributed by atoms with E-state index in [0.717, 1.165) is 29.8 Å². The highest BCUT2D eigenvalue weighted by molar-refractivity contribution is 6.02. The van der Waals surface area contributed by atoms with Gasteiger partial charge >= 0.3 is 18.2 Å². The number of carboxylic acid groups (broad SMARTS) is 1. The first-order valence-corrected chi connectivity index (χ1v) is 14.2. The van der Waals surface area contributed by atoms with Gasteiger partial charge in [-0.05, 0) is 74.1 Å². The number of fused-ring (bicyclic) bond motifs is 1. The van der Waals surface area contributed by atoms with E-state index >= 15 is 0 Å². The Bertz CT molecular complexity index is 1510. The van der Waals surface area contributed by atoms with Gasteiger partial charge in [0.15, 0.2) is 0 Å². The number of urea groups is 1. The second-order valence-electron chi connectivity index (χ2n) is 11.2. The zero-order valence-corrected chi connectivity index (χ0v) is 25.0. The van der Waals surface area contributed by atoms with E-state index < -0.39 is 35.7 Å². The van der Waals surface area contributed by atoms with E-state index in [-0.39, 0.29) is 47.7 Å². The minimum atomic E-state index is -4.50. The number of ether oxygens (including phenoxy) is 1. The summed E-state index contributed by atoms with van der Waals surface area (Å²) < 4.78 is 44.9. The van der Waals surface area contributed by atoms with Crippen LogP contribution >= 0.6 is 0 Å². The van der Waals surface area contributed by atoms with E-state index in [1.807, 2.05) is 18.9 Å². The number of nitrogens with zero attached hydrogens (tertiary/aromatic N) is 2. The van der Waals surface area contributed by atoms with Gasteiger partial charge in [-0.1, -0.05) is 19.1 Å². The molecule has 45 heavy (non-hydrogen) atoms. The molecule has 1 heterocycles. The molecule has 1 aliphatic heterocycles. The number of aliphatic hydroxyl groups excluding tert-OH is 1. The number of nitrogens with one attached hydrogen (secondary N) is 2. The molecule has 0 spiro atoms. The fourth-order valence-corrected chi connectivity index (χ4v) is 4.99. The SMILES string of the molecule is C[C@H]1CN([C@@H](C)CO)C(=O)c2cc(NC(=O)Nc3ccc(C(F)(F)F)cc3)ccc2O[C@H]1CN(C)Cc1ccc(C(=O)O)cc1. The highest BCUT2D eigenvalue weighted by Gasteiger charge is 2.34. The Morgan fingerprint density at radius 3 is 2.27 bits per heavy atom. The zero-order valence-electron chi connectivity index (χ0n) is 25.0. The zero-order chi connectivity index (χ0) is 32.9. The van der Waals surface area contributed by atoms with Crippen LogP contribution in [0.3, 0.4) is 0 Å². The van der Waals surface area contributed by atoms with Crippen LogP contribution in [-0.2, 0) is 12.7 Å². The molecule has 0 fully saturated rings. The molecule has 0 aromatic heterocycles. The lowest BCUT2D eigenvalue weighted by atomic mass is 9.99. The van der Waals surface area contributed by atoms with Gasteiger partial charge in [-0.3, -0.25) is 9.69 Å². The number of rotatable bonds is 9. The number of amides is 3. The van der Waals surface area contributed by atoms with E-state index in [0.29, 0.717) is 18.8 Å². The molecule has 1 aliphatic rings. The average Bonchev–Trinajstić information content (AvgIpc) is 2.98. The second kappa shape index (κ2) is 14.0. The fraction of sp³-hybridized carbons (Fsp3) is 0.344. The van der Waals surface area contributed by atoms with Crippen molar-refractivity contribution in [3.8, 4) is 5.75 Å². The quantitative estimate of drug-likeness (QED) is 0.250. The number of alkyl halides is 3. The molecule has 0 saturated heterocycles. The van der Waals surface area contributed by atoms with Crippen LogP contribution in [0.15, 0.2) is 66.7 Å². The van der Waals surface area contributed by atoms with Crippen LogP contribution in [0.2, 0.25) is 0 Å². The molecule has 3 atom stereocenters. The predicted molar refractivity (Wildman–Crippen MR) is 161 cm³/mol. The molecular weight excluding hydrogens is 593 g/mol. The number of hydrogen-bond acceptors (Lipinski definition) is 6. The number of carboxylic acids is 1. The van der Waals surface area contributed by atoms with Crippen LogP contribution in [0, 0.1) is 5.92 Å². The number of hydrogen-bond donors (Lipinski definition) is 4. The molecule has 13 heteroatoms. The summed E-state index contributed by atoms with van der Waals surface area (Å²) in [5.41, 5.74) is 0.836. The number of aromatic carboxylic acids is 1. The maximum atomic E-state index is 13.7. The molecule has 4 N–H and O–H groups in total. The number of anilines is 2. The van der Waals surface area contributed by atoms with E-state index in [4.69, 9.17) is 9.84 Å². The van der Waals surface area contributed by atoms with Gasteiger partial charge in [0.25, 0.3) is 5.91 Å². The maximum Gasteiger partial charge on any atom is 0.416 e. The summed E-state index contributed by atoms with van der Waals surface area (Å²) in [6.45, 7) is 4.69. The Kier molecular flexibility index (Phi) is 10.3. The third-order valence-corrected chi connectivity index (χ3v) is 7.54. The highest BCUT2D eigenvalue weighted by Crippen LogP contribution is 2.32. The summed E-state index contributed by atoms with van der Waals surface area (Å²) in [5, 5.41) is 24.1. The molecule has 4 rings (SSSR count). The molecule has 0 bridgehead atoms. The smallest absolute Gasteiger partial charge is 0.416 e. The summed E-state index contributed by atoms with van der Waals surface area (Å²) in [5.74, 6) is -1.24. The number of benzene rings is 3. The van der Waals surface area contributed by atoms with Crippen molar-refractivity contribution < 1.29 is 42.5 Å². The molecule has 0 saturated carbocycles. The minimum absolute atomic E-state index is 0.139. The molecule has 10 nitrogen and oxygen atoms in total. The third kappa shape index (κ3) is 8.52. The number of halogens is 3. The van der Waals surface area contributed by atoms with Crippen molar-refractivity contribution in [2.75, 3.05) is 37.4 Å². The molecule has 3 amide bonds. The molecule has 0 unspecified atom stereocenters. The lowest BCUT2D eigenvalue weighted by Crippen LogP contribution is -2.49. The van der Waals surface area contributed by atoms with Crippen LogP contribution < -0.4 is 15.4 Å². The fourth-order valence-electron chi connectivity index (χ4n) is 4.99. The van der Waals surface area contributed by atoms with Gasteiger partial charge in [0.05, 0.1) is 29.3 Å². The monoisotopic (exact) mass is 628 g/mol. The summed E-state index contributed by atoms with van der Waals surface area (Å²) >= 11 is 0. The van der Waals surface area contributed by atoms with Crippen molar-refractivity contribution in [1.29, 1.82) is 0 Å². The van der Waals surface area contributed by atoms with Crippen LogP contribution in [-0.4, -0.2) is 76.8 Å². The normalized spacial score (nSPS) is 17.5. The van der Waals surface area contributed by atoms with Crippen molar-refractivity contribution in [3.63, 3.8) is 0 Å². The lowest BCUT2D eigenvalue weighted by molar-refractivity contribution is -0.137. The minimum Gasteiger partial charge on any atom is -0.488 e. The second-order valence-corrected chi connectivity index (χ2v) is 11.2. The highest BCUT2D eigenvalue weighted by atomic mass is 19.4. The predicted octanol–water partition coefficient (Wildman–Crippen LogP) is 5.40.